The Morgan fingerprint density at radius 2 is 1.62 bits per heavy atom. The van der Waals surface area contributed by atoms with Crippen LogP contribution in [0.2, 0.25) is 0 Å². The summed E-state index contributed by atoms with van der Waals surface area (Å²) in [5, 5.41) is 0. The zero-order valence-electron chi connectivity index (χ0n) is 12.8. The summed E-state index contributed by atoms with van der Waals surface area (Å²) in [6.07, 6.45) is 7.08. The summed E-state index contributed by atoms with van der Waals surface area (Å²) in [5.41, 5.74) is 1.28. The predicted molar refractivity (Wildman–Crippen MR) is 86.4 cm³/mol. The third kappa shape index (κ3) is 3.58. The number of para-hydroxylation sites is 1. The van der Waals surface area contributed by atoms with Crippen molar-refractivity contribution in [2.24, 2.45) is 5.92 Å². The average molecular weight is 286 g/mol. The molecule has 114 valence electrons. The first kappa shape index (κ1) is 14.4. The third-order valence-corrected chi connectivity index (χ3v) is 4.88. The fourth-order valence-corrected chi connectivity index (χ4v) is 3.64. The van der Waals surface area contributed by atoms with Crippen LogP contribution >= 0.6 is 0 Å². The highest BCUT2D eigenvalue weighted by Gasteiger charge is 2.27. The Bertz CT molecular complexity index is 454. The Balaban J connectivity index is 1.59. The molecule has 0 spiro atoms. The van der Waals surface area contributed by atoms with Gasteiger partial charge < -0.3 is 9.80 Å². The van der Waals surface area contributed by atoms with Crippen LogP contribution < -0.4 is 4.90 Å². The minimum atomic E-state index is 0.307. The first-order valence-electron chi connectivity index (χ1n) is 8.43. The maximum atomic E-state index is 12.7. The van der Waals surface area contributed by atoms with Crippen LogP contribution in [0.5, 0.6) is 0 Å². The second-order valence-corrected chi connectivity index (χ2v) is 6.34. The molecule has 21 heavy (non-hydrogen) atoms. The molecule has 1 aromatic rings. The van der Waals surface area contributed by atoms with Crippen molar-refractivity contribution < 1.29 is 4.79 Å². The van der Waals surface area contributed by atoms with E-state index < -0.39 is 0 Å². The third-order valence-electron chi connectivity index (χ3n) is 4.88. The van der Waals surface area contributed by atoms with Crippen LogP contribution in [0.3, 0.4) is 0 Å². The molecule has 1 saturated carbocycles. The van der Waals surface area contributed by atoms with E-state index in [4.69, 9.17) is 0 Å². The highest BCUT2D eigenvalue weighted by Crippen LogP contribution is 2.26. The number of hydrogen-bond acceptors (Lipinski definition) is 2. The summed E-state index contributed by atoms with van der Waals surface area (Å²) in [5.74, 6) is 0.728. The maximum Gasteiger partial charge on any atom is 0.225 e. The molecule has 2 fully saturated rings. The van der Waals surface area contributed by atoms with Gasteiger partial charge in [0, 0.05) is 37.8 Å². The van der Waals surface area contributed by atoms with Gasteiger partial charge in [-0.3, -0.25) is 4.79 Å². The van der Waals surface area contributed by atoms with Gasteiger partial charge in [0.2, 0.25) is 5.91 Å². The van der Waals surface area contributed by atoms with Gasteiger partial charge in [0.15, 0.2) is 0 Å². The van der Waals surface area contributed by atoms with E-state index in [2.05, 4.69) is 40.1 Å². The van der Waals surface area contributed by atoms with Gasteiger partial charge in [0.25, 0.3) is 0 Å². The molecule has 0 bridgehead atoms. The molecule has 0 aromatic heterocycles. The fraction of sp³-hybridized carbons (Fsp3) is 0.611. The van der Waals surface area contributed by atoms with E-state index in [1.807, 2.05) is 0 Å². The van der Waals surface area contributed by atoms with E-state index in [9.17, 15) is 4.79 Å². The first-order valence-corrected chi connectivity index (χ1v) is 8.43. The van der Waals surface area contributed by atoms with Gasteiger partial charge >= 0.3 is 0 Å². The monoisotopic (exact) mass is 286 g/mol. The van der Waals surface area contributed by atoms with Crippen molar-refractivity contribution >= 4 is 11.6 Å². The second-order valence-electron chi connectivity index (χ2n) is 6.34. The minimum Gasteiger partial charge on any atom is -0.370 e. The molecule has 1 aliphatic carbocycles. The summed E-state index contributed by atoms with van der Waals surface area (Å²) in [4.78, 5) is 17.2. The summed E-state index contributed by atoms with van der Waals surface area (Å²) < 4.78 is 0. The largest absolute Gasteiger partial charge is 0.370 e. The van der Waals surface area contributed by atoms with Crippen LogP contribution in [0.25, 0.3) is 0 Å². The van der Waals surface area contributed by atoms with Crippen LogP contribution in [-0.2, 0) is 4.79 Å². The standard InChI is InChI=1S/C18H26N2O/c21-18(16-8-3-1-4-9-16)20-13-7-12-19(14-15-20)17-10-5-2-6-11-17/h2,5-6,10-11,16H,1,3-4,7-9,12-15H2. The smallest absolute Gasteiger partial charge is 0.225 e. The van der Waals surface area contributed by atoms with Gasteiger partial charge in [-0.15, -0.1) is 0 Å². The number of anilines is 1. The van der Waals surface area contributed by atoms with E-state index in [-0.39, 0.29) is 0 Å². The Morgan fingerprint density at radius 1 is 0.857 bits per heavy atom. The first-order chi connectivity index (χ1) is 10.3. The number of carbonyl (C=O) groups is 1. The van der Waals surface area contributed by atoms with Crippen molar-refractivity contribution in [3.8, 4) is 0 Å². The lowest BCUT2D eigenvalue weighted by Crippen LogP contribution is -2.39. The second kappa shape index (κ2) is 6.97. The van der Waals surface area contributed by atoms with Gasteiger partial charge in [-0.25, -0.2) is 0 Å². The number of hydrogen-bond donors (Lipinski definition) is 0. The molecule has 1 amide bonds. The maximum absolute atomic E-state index is 12.7. The van der Waals surface area contributed by atoms with Crippen molar-refractivity contribution in [3.63, 3.8) is 0 Å². The number of nitrogens with zero attached hydrogens (tertiary/aromatic N) is 2. The quantitative estimate of drug-likeness (QED) is 0.833. The normalized spacial score (nSPS) is 21.1. The van der Waals surface area contributed by atoms with Crippen molar-refractivity contribution in [2.75, 3.05) is 31.1 Å². The molecule has 1 aliphatic heterocycles. The zero-order chi connectivity index (χ0) is 14.5. The topological polar surface area (TPSA) is 23.6 Å². The summed E-state index contributed by atoms with van der Waals surface area (Å²) in [7, 11) is 0. The predicted octanol–water partition coefficient (Wildman–Crippen LogP) is 3.31. The van der Waals surface area contributed by atoms with Crippen molar-refractivity contribution in [3.05, 3.63) is 30.3 Å². The van der Waals surface area contributed by atoms with Gasteiger partial charge in [-0.1, -0.05) is 37.5 Å². The van der Waals surface area contributed by atoms with E-state index in [1.54, 1.807) is 0 Å². The lowest BCUT2D eigenvalue weighted by molar-refractivity contribution is -0.136. The molecule has 1 aromatic carbocycles. The van der Waals surface area contributed by atoms with E-state index in [1.165, 1.54) is 24.9 Å². The van der Waals surface area contributed by atoms with Crippen molar-refractivity contribution in [2.45, 2.75) is 38.5 Å². The molecule has 0 N–H and O–H groups in total. The van der Waals surface area contributed by atoms with Crippen LogP contribution in [-0.4, -0.2) is 37.0 Å². The SMILES string of the molecule is O=C(C1CCCCC1)N1CCCN(c2ccccc2)CC1. The average Bonchev–Trinajstić information content (AvgIpc) is 2.82. The summed E-state index contributed by atoms with van der Waals surface area (Å²) in [6.45, 7) is 3.82. The molecule has 0 atom stereocenters. The van der Waals surface area contributed by atoms with E-state index >= 15 is 0 Å². The zero-order valence-corrected chi connectivity index (χ0v) is 12.8. The van der Waals surface area contributed by atoms with Crippen molar-refractivity contribution in [1.29, 1.82) is 0 Å². The van der Waals surface area contributed by atoms with Crippen LogP contribution in [0, 0.1) is 5.92 Å². The fourth-order valence-electron chi connectivity index (χ4n) is 3.64. The summed E-state index contributed by atoms with van der Waals surface area (Å²) in [6, 6.07) is 10.6. The Morgan fingerprint density at radius 3 is 2.38 bits per heavy atom. The molecule has 0 unspecified atom stereocenters. The molecule has 3 heteroatoms. The molecule has 1 heterocycles. The molecule has 3 nitrogen and oxygen atoms in total. The Kier molecular flexibility index (Phi) is 4.79. The molecule has 3 rings (SSSR count). The van der Waals surface area contributed by atoms with E-state index in [0.29, 0.717) is 11.8 Å². The molecule has 1 saturated heterocycles. The van der Waals surface area contributed by atoms with Gasteiger partial charge in [0.1, 0.15) is 0 Å². The lowest BCUT2D eigenvalue weighted by Gasteiger charge is -2.28. The number of benzene rings is 1. The molecule has 0 radical (unpaired) electrons. The molecule has 2 aliphatic rings. The highest BCUT2D eigenvalue weighted by atomic mass is 16.2. The Labute approximate surface area is 127 Å². The number of rotatable bonds is 2. The highest BCUT2D eigenvalue weighted by molar-refractivity contribution is 5.79. The summed E-state index contributed by atoms with van der Waals surface area (Å²) >= 11 is 0. The van der Waals surface area contributed by atoms with Crippen LogP contribution in [0.15, 0.2) is 30.3 Å². The van der Waals surface area contributed by atoms with Gasteiger partial charge in [-0.05, 0) is 31.4 Å². The van der Waals surface area contributed by atoms with Crippen molar-refractivity contribution in [1.82, 2.24) is 4.90 Å². The number of carbonyl (C=O) groups excluding carboxylic acids is 1. The minimum absolute atomic E-state index is 0.307. The van der Waals surface area contributed by atoms with E-state index in [0.717, 1.165) is 45.4 Å². The molecular weight excluding hydrogens is 260 g/mol. The molecular formula is C18H26N2O. The van der Waals surface area contributed by atoms with Crippen LogP contribution in [0.4, 0.5) is 5.69 Å². The van der Waals surface area contributed by atoms with Gasteiger partial charge in [0.05, 0.1) is 0 Å². The number of amides is 1. The Hall–Kier alpha value is -1.51. The van der Waals surface area contributed by atoms with Gasteiger partial charge in [-0.2, -0.15) is 0 Å². The lowest BCUT2D eigenvalue weighted by atomic mass is 9.88. The van der Waals surface area contributed by atoms with Crippen LogP contribution in [0.1, 0.15) is 38.5 Å².